The number of nitrogens with one attached hydrogen (secondary N) is 1. The first-order valence-electron chi connectivity index (χ1n) is 12.7. The van der Waals surface area contributed by atoms with E-state index in [2.05, 4.69) is 22.2 Å². The van der Waals surface area contributed by atoms with Gasteiger partial charge in [0, 0.05) is 36.1 Å². The van der Waals surface area contributed by atoms with Crippen LogP contribution in [-0.4, -0.2) is 22.7 Å². The number of hydrogen-bond acceptors (Lipinski definition) is 3. The summed E-state index contributed by atoms with van der Waals surface area (Å²) in [5.74, 6) is 3.10. The lowest BCUT2D eigenvalue weighted by molar-refractivity contribution is -0.0193. The highest BCUT2D eigenvalue weighted by Crippen LogP contribution is 2.55. The van der Waals surface area contributed by atoms with Crippen LogP contribution in [0.2, 0.25) is 0 Å². The summed E-state index contributed by atoms with van der Waals surface area (Å²) in [7, 11) is 0. The highest BCUT2D eigenvalue weighted by molar-refractivity contribution is 7.07. The van der Waals surface area contributed by atoms with E-state index >= 15 is 0 Å². The monoisotopic (exact) mass is 415 g/mol. The SMILES string of the molecule is CCCn1c(CCNC23CC4CC(CC(C4)C2)C3)csc1=NC1CCCCCC1. The summed E-state index contributed by atoms with van der Waals surface area (Å²) in [4.78, 5) is 6.54. The molecule has 0 spiro atoms. The molecule has 1 aromatic heterocycles. The Morgan fingerprint density at radius 3 is 2.31 bits per heavy atom. The topological polar surface area (TPSA) is 29.3 Å². The van der Waals surface area contributed by atoms with Crippen molar-refractivity contribution in [1.82, 2.24) is 9.88 Å². The molecule has 162 valence electrons. The molecule has 3 nitrogen and oxygen atoms in total. The third-order valence-electron chi connectivity index (χ3n) is 8.36. The average molecular weight is 416 g/mol. The number of thiazole rings is 1. The molecule has 4 heteroatoms. The van der Waals surface area contributed by atoms with E-state index in [0.717, 1.165) is 30.8 Å². The van der Waals surface area contributed by atoms with E-state index in [1.807, 2.05) is 11.3 Å². The second kappa shape index (κ2) is 8.86. The Morgan fingerprint density at radius 1 is 1.03 bits per heavy atom. The van der Waals surface area contributed by atoms with Crippen LogP contribution in [0.25, 0.3) is 0 Å². The van der Waals surface area contributed by atoms with Crippen molar-refractivity contribution < 1.29 is 0 Å². The highest BCUT2D eigenvalue weighted by atomic mass is 32.1. The minimum absolute atomic E-state index is 0.494. The van der Waals surface area contributed by atoms with E-state index in [1.54, 1.807) is 0 Å². The van der Waals surface area contributed by atoms with Crippen molar-refractivity contribution in [3.63, 3.8) is 0 Å². The van der Waals surface area contributed by atoms with Crippen LogP contribution in [-0.2, 0) is 13.0 Å². The second-order valence-electron chi connectivity index (χ2n) is 10.8. The van der Waals surface area contributed by atoms with Crippen molar-refractivity contribution in [3.05, 3.63) is 15.9 Å². The first-order valence-corrected chi connectivity index (χ1v) is 13.6. The zero-order chi connectivity index (χ0) is 19.7. The normalized spacial score (nSPS) is 35.3. The molecular formula is C25H41N3S. The first kappa shape index (κ1) is 20.3. The molecule has 0 unspecified atom stereocenters. The molecule has 6 rings (SSSR count). The lowest BCUT2D eigenvalue weighted by atomic mass is 9.53. The van der Waals surface area contributed by atoms with Crippen LogP contribution in [0.15, 0.2) is 10.4 Å². The fourth-order valence-electron chi connectivity index (χ4n) is 7.45. The summed E-state index contributed by atoms with van der Waals surface area (Å²) in [5.41, 5.74) is 2.01. The summed E-state index contributed by atoms with van der Waals surface area (Å²) < 4.78 is 2.55. The van der Waals surface area contributed by atoms with Gasteiger partial charge in [-0.15, -0.1) is 11.3 Å². The number of nitrogens with zero attached hydrogens (tertiary/aromatic N) is 2. The maximum absolute atomic E-state index is 5.24. The third kappa shape index (κ3) is 4.54. The molecule has 0 aromatic carbocycles. The van der Waals surface area contributed by atoms with Crippen molar-refractivity contribution in [1.29, 1.82) is 0 Å². The molecule has 5 fully saturated rings. The van der Waals surface area contributed by atoms with Crippen molar-refractivity contribution in [2.75, 3.05) is 6.54 Å². The van der Waals surface area contributed by atoms with Crippen LogP contribution in [0.1, 0.15) is 96.1 Å². The van der Waals surface area contributed by atoms with Crippen LogP contribution in [0, 0.1) is 17.8 Å². The van der Waals surface area contributed by atoms with E-state index in [4.69, 9.17) is 4.99 Å². The lowest BCUT2D eigenvalue weighted by Crippen LogP contribution is -2.58. The summed E-state index contributed by atoms with van der Waals surface area (Å²) in [6, 6.07) is 0.567. The van der Waals surface area contributed by atoms with Crippen LogP contribution in [0.5, 0.6) is 0 Å². The fraction of sp³-hybridized carbons (Fsp3) is 0.880. The molecule has 0 amide bonds. The molecule has 4 bridgehead atoms. The van der Waals surface area contributed by atoms with Crippen LogP contribution in [0.4, 0.5) is 0 Å². The van der Waals surface area contributed by atoms with Gasteiger partial charge in [-0.3, -0.25) is 4.99 Å². The van der Waals surface area contributed by atoms with Gasteiger partial charge >= 0.3 is 0 Å². The second-order valence-corrected chi connectivity index (χ2v) is 11.6. The zero-order valence-electron chi connectivity index (χ0n) is 18.5. The van der Waals surface area contributed by atoms with Gasteiger partial charge in [-0.25, -0.2) is 0 Å². The lowest BCUT2D eigenvalue weighted by Gasteiger charge is -2.57. The minimum Gasteiger partial charge on any atom is -0.321 e. The number of aromatic nitrogens is 1. The Hall–Kier alpha value is -0.610. The quantitative estimate of drug-likeness (QED) is 0.570. The Kier molecular flexibility index (Phi) is 6.21. The van der Waals surface area contributed by atoms with Gasteiger partial charge in [0.05, 0.1) is 6.04 Å². The molecule has 0 atom stereocenters. The van der Waals surface area contributed by atoms with Gasteiger partial charge in [0.25, 0.3) is 0 Å². The molecule has 5 aliphatic rings. The minimum atomic E-state index is 0.494. The van der Waals surface area contributed by atoms with Crippen molar-refractivity contribution in [2.45, 2.75) is 115 Å². The molecule has 1 aromatic rings. The van der Waals surface area contributed by atoms with Crippen LogP contribution in [0.3, 0.4) is 0 Å². The van der Waals surface area contributed by atoms with Crippen molar-refractivity contribution in [3.8, 4) is 0 Å². The Balaban J connectivity index is 1.25. The van der Waals surface area contributed by atoms with Crippen LogP contribution < -0.4 is 10.1 Å². The van der Waals surface area contributed by atoms with E-state index < -0.39 is 0 Å². The largest absolute Gasteiger partial charge is 0.321 e. The maximum Gasteiger partial charge on any atom is 0.185 e. The third-order valence-corrected chi connectivity index (χ3v) is 9.29. The van der Waals surface area contributed by atoms with Gasteiger partial charge in [0.2, 0.25) is 0 Å². The van der Waals surface area contributed by atoms with Crippen molar-refractivity contribution in [2.24, 2.45) is 22.7 Å². The van der Waals surface area contributed by atoms with Gasteiger partial charge in [-0.2, -0.15) is 0 Å². The van der Waals surface area contributed by atoms with Gasteiger partial charge in [0.15, 0.2) is 4.80 Å². The smallest absolute Gasteiger partial charge is 0.185 e. The molecule has 29 heavy (non-hydrogen) atoms. The zero-order valence-corrected chi connectivity index (χ0v) is 19.3. The summed E-state index contributed by atoms with van der Waals surface area (Å²) in [6.45, 7) is 4.58. The summed E-state index contributed by atoms with van der Waals surface area (Å²) in [5, 5.41) is 6.51. The predicted octanol–water partition coefficient (Wildman–Crippen LogP) is 5.68. The van der Waals surface area contributed by atoms with Crippen molar-refractivity contribution >= 4 is 11.3 Å². The first-order chi connectivity index (χ1) is 14.2. The van der Waals surface area contributed by atoms with E-state index in [-0.39, 0.29) is 0 Å². The molecule has 0 radical (unpaired) electrons. The maximum atomic E-state index is 5.24. The Bertz CT molecular complexity index is 702. The molecule has 0 aliphatic heterocycles. The fourth-order valence-corrected chi connectivity index (χ4v) is 8.49. The summed E-state index contributed by atoms with van der Waals surface area (Å²) >= 11 is 1.89. The molecule has 1 N–H and O–H groups in total. The Morgan fingerprint density at radius 2 is 1.69 bits per heavy atom. The molecule has 1 heterocycles. The number of rotatable bonds is 7. The predicted molar refractivity (Wildman–Crippen MR) is 122 cm³/mol. The van der Waals surface area contributed by atoms with E-state index in [0.29, 0.717) is 11.6 Å². The van der Waals surface area contributed by atoms with Gasteiger partial charge in [0.1, 0.15) is 0 Å². The van der Waals surface area contributed by atoms with E-state index in [1.165, 1.54) is 100 Å². The molecule has 0 saturated heterocycles. The Labute approximate surface area is 181 Å². The van der Waals surface area contributed by atoms with Gasteiger partial charge in [-0.05, 0) is 75.5 Å². The number of hydrogen-bond donors (Lipinski definition) is 1. The summed E-state index contributed by atoms with van der Waals surface area (Å²) in [6.07, 6.45) is 19.5. The van der Waals surface area contributed by atoms with Gasteiger partial charge < -0.3 is 9.88 Å². The molecule has 5 aliphatic carbocycles. The molecule has 5 saturated carbocycles. The average Bonchev–Trinajstić information content (AvgIpc) is 2.88. The standard InChI is InChI=1S/C25H41N3S/c1-2-11-28-23(18-29-24(28)27-22-7-5-3-4-6-8-22)9-10-26-25-15-19-12-20(16-25)14-21(13-19)17-25/h18-22,26H,2-17H2,1H3. The van der Waals surface area contributed by atoms with Crippen LogP contribution >= 0.6 is 11.3 Å². The van der Waals surface area contributed by atoms with E-state index in [9.17, 15) is 0 Å². The van der Waals surface area contributed by atoms with Gasteiger partial charge in [-0.1, -0.05) is 32.6 Å². The highest BCUT2D eigenvalue weighted by Gasteiger charge is 2.50. The molecular weight excluding hydrogens is 374 g/mol.